The predicted octanol–water partition coefficient (Wildman–Crippen LogP) is 2.83. The van der Waals surface area contributed by atoms with E-state index in [1.807, 2.05) is 0 Å². The highest BCUT2D eigenvalue weighted by atomic mass is 19.4. The quantitative estimate of drug-likeness (QED) is 0.909. The van der Waals surface area contributed by atoms with Crippen LogP contribution in [-0.4, -0.2) is 23.7 Å². The number of alkyl halides is 3. The van der Waals surface area contributed by atoms with E-state index in [2.05, 4.69) is 15.0 Å². The van der Waals surface area contributed by atoms with Crippen molar-refractivity contribution in [2.45, 2.75) is 38.4 Å². The molecule has 0 radical (unpaired) electrons. The molecule has 0 aromatic carbocycles. The van der Waals surface area contributed by atoms with Gasteiger partial charge in [-0.1, -0.05) is 12.5 Å². The van der Waals surface area contributed by atoms with Crippen LogP contribution in [0.1, 0.15) is 31.2 Å². The molecule has 1 heterocycles. The van der Waals surface area contributed by atoms with Gasteiger partial charge in [-0.25, -0.2) is 4.98 Å². The first-order valence-corrected chi connectivity index (χ1v) is 7.30. The van der Waals surface area contributed by atoms with Gasteiger partial charge in [0.2, 0.25) is 11.8 Å². The maximum Gasteiger partial charge on any atom is 0.422 e. The Labute approximate surface area is 126 Å². The molecule has 2 aliphatic carbocycles. The van der Waals surface area contributed by atoms with Crippen LogP contribution in [0.5, 0.6) is 5.88 Å². The molecule has 1 unspecified atom stereocenters. The lowest BCUT2D eigenvalue weighted by Crippen LogP contribution is -2.29. The number of carbonyl (C=O) groups excluding carboxylic acids is 1. The molecule has 1 N–H and O–H groups in total. The minimum Gasteiger partial charge on any atom is -0.468 e. The van der Waals surface area contributed by atoms with Gasteiger partial charge in [0.1, 0.15) is 0 Å². The Hall–Kier alpha value is -1.79. The van der Waals surface area contributed by atoms with E-state index < -0.39 is 12.8 Å². The second-order valence-electron chi connectivity index (χ2n) is 6.10. The van der Waals surface area contributed by atoms with Gasteiger partial charge in [0, 0.05) is 24.7 Å². The van der Waals surface area contributed by atoms with E-state index in [1.165, 1.54) is 18.7 Å². The van der Waals surface area contributed by atoms with E-state index >= 15 is 0 Å². The summed E-state index contributed by atoms with van der Waals surface area (Å²) in [4.78, 5) is 15.8. The molecule has 2 aliphatic rings. The summed E-state index contributed by atoms with van der Waals surface area (Å²) in [7, 11) is 0. The highest BCUT2D eigenvalue weighted by Gasteiger charge is 2.60. The molecule has 3 rings (SSSR count). The van der Waals surface area contributed by atoms with Gasteiger partial charge in [0.05, 0.1) is 0 Å². The van der Waals surface area contributed by atoms with Crippen LogP contribution in [0, 0.1) is 11.3 Å². The summed E-state index contributed by atoms with van der Waals surface area (Å²) >= 11 is 0. The van der Waals surface area contributed by atoms with Crippen molar-refractivity contribution in [3.8, 4) is 5.88 Å². The molecular formula is C15H17F3N2O2. The zero-order valence-electron chi connectivity index (χ0n) is 11.9. The maximum absolute atomic E-state index is 12.0. The molecule has 0 bridgehead atoms. The number of hydrogen-bond acceptors (Lipinski definition) is 3. The molecule has 1 atom stereocenters. The average molecular weight is 314 g/mol. The first-order valence-electron chi connectivity index (χ1n) is 7.30. The monoisotopic (exact) mass is 314 g/mol. The molecule has 2 fully saturated rings. The van der Waals surface area contributed by atoms with Crippen molar-refractivity contribution in [3.05, 3.63) is 23.9 Å². The van der Waals surface area contributed by atoms with Gasteiger partial charge in [-0.15, -0.1) is 0 Å². The number of pyridine rings is 1. The fraction of sp³-hybridized carbons (Fsp3) is 0.600. The van der Waals surface area contributed by atoms with Crippen LogP contribution in [0.4, 0.5) is 13.2 Å². The Morgan fingerprint density at radius 1 is 1.41 bits per heavy atom. The zero-order valence-corrected chi connectivity index (χ0v) is 11.9. The summed E-state index contributed by atoms with van der Waals surface area (Å²) in [6.07, 6.45) is 1.54. The van der Waals surface area contributed by atoms with Gasteiger partial charge in [-0.2, -0.15) is 13.2 Å². The molecule has 22 heavy (non-hydrogen) atoms. The van der Waals surface area contributed by atoms with Crippen molar-refractivity contribution in [1.82, 2.24) is 10.3 Å². The molecule has 1 aromatic rings. The molecule has 1 spiro atoms. The number of carbonyl (C=O) groups is 1. The molecule has 1 aromatic heterocycles. The number of hydrogen-bond donors (Lipinski definition) is 1. The lowest BCUT2D eigenvalue weighted by Gasteiger charge is -2.26. The summed E-state index contributed by atoms with van der Waals surface area (Å²) < 4.78 is 40.5. The number of nitrogens with one attached hydrogen (secondary N) is 1. The third kappa shape index (κ3) is 3.34. The van der Waals surface area contributed by atoms with Crippen molar-refractivity contribution < 1.29 is 22.7 Å². The summed E-state index contributed by atoms with van der Waals surface area (Å²) in [5, 5.41) is 2.86. The van der Waals surface area contributed by atoms with Gasteiger partial charge in [0.25, 0.3) is 0 Å². The van der Waals surface area contributed by atoms with Crippen molar-refractivity contribution in [2.75, 3.05) is 6.61 Å². The van der Waals surface area contributed by atoms with E-state index in [4.69, 9.17) is 0 Å². The van der Waals surface area contributed by atoms with Crippen LogP contribution in [0.15, 0.2) is 18.3 Å². The van der Waals surface area contributed by atoms with Gasteiger partial charge >= 0.3 is 6.18 Å². The molecule has 0 saturated heterocycles. The van der Waals surface area contributed by atoms with Crippen molar-refractivity contribution in [2.24, 2.45) is 11.3 Å². The van der Waals surface area contributed by atoms with Crippen LogP contribution < -0.4 is 10.1 Å². The Bertz CT molecular complexity index is 553. The summed E-state index contributed by atoms with van der Waals surface area (Å²) in [5.74, 6) is 0.128. The van der Waals surface area contributed by atoms with Crippen molar-refractivity contribution in [1.29, 1.82) is 0 Å². The smallest absolute Gasteiger partial charge is 0.422 e. The third-order valence-corrected chi connectivity index (χ3v) is 4.50. The van der Waals surface area contributed by atoms with Gasteiger partial charge in [-0.3, -0.25) is 4.79 Å². The number of amides is 1. The first-order chi connectivity index (χ1) is 10.4. The van der Waals surface area contributed by atoms with Crippen molar-refractivity contribution in [3.63, 3.8) is 0 Å². The zero-order chi connectivity index (χ0) is 15.8. The Morgan fingerprint density at radius 3 is 2.68 bits per heavy atom. The van der Waals surface area contributed by atoms with Crippen LogP contribution >= 0.6 is 0 Å². The molecule has 1 amide bonds. The minimum atomic E-state index is -4.38. The normalized spacial score (nSPS) is 22.0. The van der Waals surface area contributed by atoms with Crippen molar-refractivity contribution >= 4 is 5.91 Å². The SMILES string of the molecule is O=C(NCc1ccc(OCC(F)(F)F)nc1)C1CC12CCC2. The van der Waals surface area contributed by atoms with Crippen LogP contribution in [0.25, 0.3) is 0 Å². The highest BCUT2D eigenvalue weighted by Crippen LogP contribution is 2.65. The Balaban J connectivity index is 1.44. The fourth-order valence-electron chi connectivity index (χ4n) is 2.97. The molecule has 2 saturated carbocycles. The van der Waals surface area contributed by atoms with E-state index in [-0.39, 0.29) is 23.1 Å². The minimum absolute atomic E-state index is 0.0668. The maximum atomic E-state index is 12.0. The number of halogens is 3. The average Bonchev–Trinajstić information content (AvgIpc) is 3.19. The third-order valence-electron chi connectivity index (χ3n) is 4.50. The summed E-state index contributed by atoms with van der Waals surface area (Å²) in [5.41, 5.74) is 1.02. The van der Waals surface area contributed by atoms with E-state index in [0.29, 0.717) is 6.54 Å². The van der Waals surface area contributed by atoms with Crippen LogP contribution in [0.2, 0.25) is 0 Å². The number of nitrogens with zero attached hydrogens (tertiary/aromatic N) is 1. The lowest BCUT2D eigenvalue weighted by atomic mass is 9.80. The molecule has 7 heteroatoms. The molecule has 120 valence electrons. The topological polar surface area (TPSA) is 51.2 Å². The highest BCUT2D eigenvalue weighted by molar-refractivity contribution is 5.82. The van der Waals surface area contributed by atoms with E-state index in [9.17, 15) is 18.0 Å². The van der Waals surface area contributed by atoms with Crippen LogP contribution in [-0.2, 0) is 11.3 Å². The fourth-order valence-corrected chi connectivity index (χ4v) is 2.97. The summed E-state index contributed by atoms with van der Waals surface area (Å²) in [6.45, 7) is -1.03. The molecule has 4 nitrogen and oxygen atoms in total. The van der Waals surface area contributed by atoms with E-state index in [1.54, 1.807) is 6.07 Å². The van der Waals surface area contributed by atoms with Gasteiger partial charge in [-0.05, 0) is 30.2 Å². The predicted molar refractivity (Wildman–Crippen MR) is 72.0 cm³/mol. The first kappa shape index (κ1) is 15.1. The standard InChI is InChI=1S/C15H17F3N2O2/c16-15(17,18)9-22-12-3-2-10(7-19-12)8-20-13(21)11-6-14(11)4-1-5-14/h2-3,7,11H,1,4-6,8-9H2,(H,20,21). The van der Waals surface area contributed by atoms with E-state index in [0.717, 1.165) is 24.8 Å². The Morgan fingerprint density at radius 2 is 2.18 bits per heavy atom. The van der Waals surface area contributed by atoms with Gasteiger partial charge < -0.3 is 10.1 Å². The number of ether oxygens (including phenoxy) is 1. The second-order valence-corrected chi connectivity index (χ2v) is 6.10. The Kier molecular flexibility index (Phi) is 3.74. The number of rotatable bonds is 5. The molecule has 0 aliphatic heterocycles. The van der Waals surface area contributed by atoms with Gasteiger partial charge in [0.15, 0.2) is 6.61 Å². The van der Waals surface area contributed by atoms with Crippen LogP contribution in [0.3, 0.4) is 0 Å². The summed E-state index contributed by atoms with van der Waals surface area (Å²) in [6, 6.07) is 2.97. The largest absolute Gasteiger partial charge is 0.468 e. The second kappa shape index (κ2) is 5.44. The lowest BCUT2D eigenvalue weighted by molar-refractivity contribution is -0.154. The molecular weight excluding hydrogens is 297 g/mol. The number of aromatic nitrogens is 1.